The summed E-state index contributed by atoms with van der Waals surface area (Å²) in [5.74, 6) is 0.201. The van der Waals surface area contributed by atoms with E-state index in [2.05, 4.69) is 15.9 Å². The molecule has 64 valence electrons. The molecule has 1 heterocycles. The van der Waals surface area contributed by atoms with Gasteiger partial charge in [-0.05, 0) is 33.6 Å². The van der Waals surface area contributed by atoms with E-state index in [0.717, 1.165) is 18.8 Å². The van der Waals surface area contributed by atoms with Crippen molar-refractivity contribution in [2.24, 2.45) is 0 Å². The Kier molecular flexibility index (Phi) is 2.15. The zero-order chi connectivity index (χ0) is 8.55. The number of ether oxygens (including phenoxy) is 1. The molecule has 1 aromatic carbocycles. The van der Waals surface area contributed by atoms with Gasteiger partial charge < -0.3 is 4.74 Å². The van der Waals surface area contributed by atoms with Crippen molar-refractivity contribution in [1.82, 2.24) is 0 Å². The molecule has 1 aromatic rings. The van der Waals surface area contributed by atoms with E-state index in [0.29, 0.717) is 10.4 Å². The highest BCUT2D eigenvalue weighted by Crippen LogP contribution is 2.26. The molecule has 0 radical (unpaired) electrons. The number of halogens is 2. The zero-order valence-electron chi connectivity index (χ0n) is 6.39. The van der Waals surface area contributed by atoms with Crippen LogP contribution in [0.5, 0.6) is 0 Å². The van der Waals surface area contributed by atoms with E-state index in [1.165, 1.54) is 0 Å². The summed E-state index contributed by atoms with van der Waals surface area (Å²) in [5, 5.41) is 0. The van der Waals surface area contributed by atoms with E-state index in [-0.39, 0.29) is 5.82 Å². The van der Waals surface area contributed by atoms with Crippen molar-refractivity contribution in [3.8, 4) is 0 Å². The Hall–Kier alpha value is -0.410. The maximum atomic E-state index is 13.0. The van der Waals surface area contributed by atoms with Crippen LogP contribution in [0.4, 0.5) is 4.39 Å². The van der Waals surface area contributed by atoms with Crippen molar-refractivity contribution in [3.05, 3.63) is 34.1 Å². The van der Waals surface area contributed by atoms with Crippen LogP contribution in [-0.2, 0) is 4.74 Å². The van der Waals surface area contributed by atoms with Crippen LogP contribution in [0, 0.1) is 5.82 Å². The van der Waals surface area contributed by atoms with Gasteiger partial charge in [0.1, 0.15) is 5.82 Å². The Bertz CT molecular complexity index is 297. The van der Waals surface area contributed by atoms with Crippen molar-refractivity contribution in [2.45, 2.75) is 5.92 Å². The maximum Gasteiger partial charge on any atom is 0.137 e. The van der Waals surface area contributed by atoms with Crippen molar-refractivity contribution in [2.75, 3.05) is 13.2 Å². The molecule has 0 aromatic heterocycles. The van der Waals surface area contributed by atoms with Gasteiger partial charge in [0.05, 0.1) is 17.7 Å². The molecule has 0 spiro atoms. The molecular formula is C9H8BrFO. The van der Waals surface area contributed by atoms with E-state index < -0.39 is 0 Å². The summed E-state index contributed by atoms with van der Waals surface area (Å²) in [6.45, 7) is 1.45. The normalized spacial score (nSPS) is 17.5. The summed E-state index contributed by atoms with van der Waals surface area (Å²) in [6.07, 6.45) is 0. The summed E-state index contributed by atoms with van der Waals surface area (Å²) in [6, 6.07) is 5.24. The molecular weight excluding hydrogens is 223 g/mol. The highest BCUT2D eigenvalue weighted by Gasteiger charge is 2.20. The van der Waals surface area contributed by atoms with Gasteiger partial charge in [0.2, 0.25) is 0 Å². The average molecular weight is 231 g/mol. The Morgan fingerprint density at radius 1 is 1.42 bits per heavy atom. The third-order valence-corrected chi connectivity index (χ3v) is 2.70. The van der Waals surface area contributed by atoms with Crippen LogP contribution in [0.25, 0.3) is 0 Å². The van der Waals surface area contributed by atoms with Gasteiger partial charge in [-0.1, -0.05) is 6.07 Å². The highest BCUT2D eigenvalue weighted by molar-refractivity contribution is 9.10. The molecule has 0 bridgehead atoms. The van der Waals surface area contributed by atoms with Gasteiger partial charge in [0.15, 0.2) is 0 Å². The first kappa shape index (κ1) is 8.20. The molecule has 0 atom stereocenters. The van der Waals surface area contributed by atoms with Crippen LogP contribution in [-0.4, -0.2) is 13.2 Å². The smallest absolute Gasteiger partial charge is 0.137 e. The van der Waals surface area contributed by atoms with Crippen LogP contribution in [0.2, 0.25) is 0 Å². The van der Waals surface area contributed by atoms with Gasteiger partial charge >= 0.3 is 0 Å². The quantitative estimate of drug-likeness (QED) is 0.721. The fourth-order valence-electron chi connectivity index (χ4n) is 1.19. The van der Waals surface area contributed by atoms with Crippen molar-refractivity contribution in [1.29, 1.82) is 0 Å². The first-order chi connectivity index (χ1) is 5.77. The summed E-state index contributed by atoms with van der Waals surface area (Å²) in [7, 11) is 0. The Balaban J connectivity index is 2.27. The predicted molar refractivity (Wildman–Crippen MR) is 47.7 cm³/mol. The van der Waals surface area contributed by atoms with Crippen LogP contribution >= 0.6 is 15.9 Å². The number of hydrogen-bond acceptors (Lipinski definition) is 1. The monoisotopic (exact) mass is 230 g/mol. The van der Waals surface area contributed by atoms with Crippen LogP contribution in [0.15, 0.2) is 22.7 Å². The summed E-state index contributed by atoms with van der Waals surface area (Å²) < 4.78 is 18.6. The largest absolute Gasteiger partial charge is 0.380 e. The summed E-state index contributed by atoms with van der Waals surface area (Å²) in [5.41, 5.74) is 1.03. The lowest BCUT2D eigenvalue weighted by Crippen LogP contribution is -2.25. The summed E-state index contributed by atoms with van der Waals surface area (Å²) >= 11 is 3.11. The first-order valence-corrected chi connectivity index (χ1v) is 4.59. The molecule has 0 aliphatic carbocycles. The fourth-order valence-corrected chi connectivity index (χ4v) is 1.44. The molecule has 1 aliphatic rings. The van der Waals surface area contributed by atoms with Crippen LogP contribution in [0.1, 0.15) is 11.5 Å². The third kappa shape index (κ3) is 1.39. The van der Waals surface area contributed by atoms with E-state index in [1.54, 1.807) is 12.1 Å². The third-order valence-electron chi connectivity index (χ3n) is 2.05. The van der Waals surface area contributed by atoms with Crippen molar-refractivity contribution >= 4 is 15.9 Å². The number of hydrogen-bond donors (Lipinski definition) is 0. The second kappa shape index (κ2) is 3.15. The van der Waals surface area contributed by atoms with E-state index in [4.69, 9.17) is 4.74 Å². The molecule has 12 heavy (non-hydrogen) atoms. The summed E-state index contributed by atoms with van der Waals surface area (Å²) in [4.78, 5) is 0. The molecule has 2 rings (SSSR count). The lowest BCUT2D eigenvalue weighted by atomic mass is 9.98. The van der Waals surface area contributed by atoms with Crippen LogP contribution in [0.3, 0.4) is 0 Å². The topological polar surface area (TPSA) is 9.23 Å². The van der Waals surface area contributed by atoms with Gasteiger partial charge in [-0.15, -0.1) is 0 Å². The van der Waals surface area contributed by atoms with E-state index in [1.807, 2.05) is 6.07 Å². The molecule has 1 saturated heterocycles. The second-order valence-corrected chi connectivity index (χ2v) is 3.76. The van der Waals surface area contributed by atoms with E-state index >= 15 is 0 Å². The lowest BCUT2D eigenvalue weighted by Gasteiger charge is -2.26. The SMILES string of the molecule is Fc1cc(C2COC2)ccc1Br. The second-order valence-electron chi connectivity index (χ2n) is 2.91. The molecule has 0 saturated carbocycles. The predicted octanol–water partition coefficient (Wildman–Crippen LogP) is 2.70. The average Bonchev–Trinajstić information content (AvgIpc) is 1.93. The van der Waals surface area contributed by atoms with Crippen molar-refractivity contribution in [3.63, 3.8) is 0 Å². The highest BCUT2D eigenvalue weighted by atomic mass is 79.9. The molecule has 0 amide bonds. The number of benzene rings is 1. The molecule has 0 unspecified atom stereocenters. The molecule has 3 heteroatoms. The number of rotatable bonds is 1. The molecule has 0 N–H and O–H groups in total. The lowest BCUT2D eigenvalue weighted by molar-refractivity contribution is 0.00831. The Labute approximate surface area is 78.7 Å². The molecule has 1 aliphatic heterocycles. The van der Waals surface area contributed by atoms with Gasteiger partial charge in [0.25, 0.3) is 0 Å². The molecule has 1 nitrogen and oxygen atoms in total. The Morgan fingerprint density at radius 2 is 2.17 bits per heavy atom. The van der Waals surface area contributed by atoms with Gasteiger partial charge in [-0.25, -0.2) is 4.39 Å². The van der Waals surface area contributed by atoms with Crippen molar-refractivity contribution < 1.29 is 9.13 Å². The van der Waals surface area contributed by atoms with E-state index in [9.17, 15) is 4.39 Å². The van der Waals surface area contributed by atoms with Gasteiger partial charge in [0, 0.05) is 5.92 Å². The minimum absolute atomic E-state index is 0.195. The van der Waals surface area contributed by atoms with Gasteiger partial charge in [-0.3, -0.25) is 0 Å². The first-order valence-electron chi connectivity index (χ1n) is 3.80. The minimum Gasteiger partial charge on any atom is -0.380 e. The van der Waals surface area contributed by atoms with Crippen LogP contribution < -0.4 is 0 Å². The molecule has 1 fully saturated rings. The Morgan fingerprint density at radius 3 is 2.67 bits per heavy atom. The standard InChI is InChI=1S/C9H8BrFO/c10-8-2-1-6(3-9(8)11)7-4-12-5-7/h1-3,7H,4-5H2. The maximum absolute atomic E-state index is 13.0. The minimum atomic E-state index is -0.195. The zero-order valence-corrected chi connectivity index (χ0v) is 7.97. The van der Waals surface area contributed by atoms with Gasteiger partial charge in [-0.2, -0.15) is 0 Å². The fraction of sp³-hybridized carbons (Fsp3) is 0.333.